The molecule has 3 rings (SSSR count). The van der Waals surface area contributed by atoms with Crippen LogP contribution in [0.1, 0.15) is 27.7 Å². The number of sulfonamides is 1. The zero-order chi connectivity index (χ0) is 27.8. The highest BCUT2D eigenvalue weighted by Crippen LogP contribution is 2.40. The normalized spacial score (nSPS) is 16.0. The van der Waals surface area contributed by atoms with Crippen LogP contribution in [0.25, 0.3) is 0 Å². The molecule has 0 fully saturated rings. The number of nitrogens with zero attached hydrogens (tertiary/aromatic N) is 3. The van der Waals surface area contributed by atoms with E-state index in [1.807, 2.05) is 0 Å². The van der Waals surface area contributed by atoms with E-state index in [0.717, 1.165) is 4.31 Å². The Labute approximate surface area is 215 Å². The number of anilines is 2. The van der Waals surface area contributed by atoms with E-state index in [9.17, 15) is 31.2 Å². The van der Waals surface area contributed by atoms with Crippen molar-refractivity contribution in [3.05, 3.63) is 29.5 Å². The maximum Gasteiger partial charge on any atom is 0.427 e. The molecule has 0 aliphatic carbocycles. The number of ether oxygens (including phenoxy) is 2. The van der Waals surface area contributed by atoms with Crippen molar-refractivity contribution in [1.82, 2.24) is 15.1 Å². The van der Waals surface area contributed by atoms with E-state index in [1.165, 1.54) is 36.0 Å². The summed E-state index contributed by atoms with van der Waals surface area (Å²) in [7, 11) is -4.33. The number of alkyl halides is 3. The van der Waals surface area contributed by atoms with Gasteiger partial charge in [-0.15, -0.1) is 0 Å². The molecule has 0 saturated heterocycles. The van der Waals surface area contributed by atoms with Gasteiger partial charge in [-0.1, -0.05) is 11.6 Å². The van der Waals surface area contributed by atoms with E-state index in [1.54, 1.807) is 6.92 Å². The molecular formula is C21H25ClF3N5O6S. The number of nitrogens with one attached hydrogen (secondary N) is 2. The van der Waals surface area contributed by atoms with Gasteiger partial charge in [-0.05, 0) is 39.0 Å². The van der Waals surface area contributed by atoms with Gasteiger partial charge in [0.2, 0.25) is 11.5 Å². The van der Waals surface area contributed by atoms with Gasteiger partial charge < -0.3 is 14.8 Å². The first kappa shape index (κ1) is 28.4. The first-order valence-electron chi connectivity index (χ1n) is 10.9. The average Bonchev–Trinajstić information content (AvgIpc) is 3.17. The maximum atomic E-state index is 13.6. The van der Waals surface area contributed by atoms with Crippen LogP contribution in [0.3, 0.4) is 0 Å². The molecular weight excluding hydrogens is 543 g/mol. The Kier molecular flexibility index (Phi) is 7.88. The number of aryl methyl sites for hydroxylation is 1. The molecule has 1 aliphatic heterocycles. The van der Waals surface area contributed by atoms with E-state index in [-0.39, 0.29) is 46.2 Å². The van der Waals surface area contributed by atoms with E-state index in [0.29, 0.717) is 20.4 Å². The SMILES string of the molecule is CCn1cc(S(=O)(=O)N2CC(CNC(C)=O)Oc3ccc(NC(=O)OC(C)(C)C(F)(F)F)cc32)c(Cl)n1. The van der Waals surface area contributed by atoms with E-state index >= 15 is 0 Å². The summed E-state index contributed by atoms with van der Waals surface area (Å²) in [6.45, 7) is 4.50. The molecule has 37 heavy (non-hydrogen) atoms. The third kappa shape index (κ3) is 6.21. The van der Waals surface area contributed by atoms with E-state index < -0.39 is 34.0 Å². The summed E-state index contributed by atoms with van der Waals surface area (Å²) >= 11 is 6.10. The largest absolute Gasteiger partial charge is 0.484 e. The van der Waals surface area contributed by atoms with Crippen LogP contribution in [0.15, 0.2) is 29.3 Å². The smallest absolute Gasteiger partial charge is 0.427 e. The van der Waals surface area contributed by atoms with E-state index in [4.69, 9.17) is 16.3 Å². The number of rotatable bonds is 7. The Balaban J connectivity index is 1.98. The van der Waals surface area contributed by atoms with E-state index in [2.05, 4.69) is 20.5 Å². The van der Waals surface area contributed by atoms with Crippen molar-refractivity contribution in [3.63, 3.8) is 0 Å². The molecule has 0 spiro atoms. The predicted octanol–water partition coefficient (Wildman–Crippen LogP) is 3.54. The van der Waals surface area contributed by atoms with Crippen LogP contribution in [0.4, 0.5) is 29.3 Å². The minimum Gasteiger partial charge on any atom is -0.484 e. The average molecular weight is 568 g/mol. The lowest BCUT2D eigenvalue weighted by Gasteiger charge is -2.35. The minimum atomic E-state index is -4.82. The third-order valence-electron chi connectivity index (χ3n) is 5.32. The van der Waals surface area contributed by atoms with Gasteiger partial charge in [0.05, 0.1) is 18.8 Å². The standard InChI is InChI=1S/C21H25ClF3N5O6S/c1-5-29-11-17(18(22)28-29)37(33,34)30-10-14(9-26-12(2)31)35-16-7-6-13(8-15(16)30)27-19(32)36-20(3,4)21(23,24)25/h6-8,11,14H,5,9-10H2,1-4H3,(H,26,31)(H,27,32). The summed E-state index contributed by atoms with van der Waals surface area (Å²) in [6.07, 6.45) is -5.75. The molecule has 0 bridgehead atoms. The molecule has 1 aliphatic rings. The van der Waals surface area contributed by atoms with Crippen LogP contribution in [-0.2, 0) is 26.1 Å². The zero-order valence-electron chi connectivity index (χ0n) is 20.2. The molecule has 11 nitrogen and oxygen atoms in total. The number of aromatic nitrogens is 2. The van der Waals surface area contributed by atoms with Gasteiger partial charge in [0, 0.05) is 25.4 Å². The number of carbonyl (C=O) groups excluding carboxylic acids is 2. The summed E-state index contributed by atoms with van der Waals surface area (Å²) in [5, 5.41) is 8.43. The first-order valence-corrected chi connectivity index (χ1v) is 12.7. The Morgan fingerprint density at radius 3 is 2.54 bits per heavy atom. The molecule has 0 saturated carbocycles. The molecule has 2 aromatic rings. The van der Waals surface area contributed by atoms with Crippen molar-refractivity contribution in [2.75, 3.05) is 22.7 Å². The van der Waals surface area contributed by atoms with Gasteiger partial charge in [0.25, 0.3) is 10.0 Å². The van der Waals surface area contributed by atoms with Crippen LogP contribution in [-0.4, -0.2) is 61.2 Å². The van der Waals surface area contributed by atoms with Crippen LogP contribution < -0.4 is 19.7 Å². The first-order chi connectivity index (χ1) is 17.0. The van der Waals surface area contributed by atoms with Crippen molar-refractivity contribution < 1.29 is 40.7 Å². The van der Waals surface area contributed by atoms with Crippen molar-refractivity contribution in [2.24, 2.45) is 0 Å². The fourth-order valence-corrected chi connectivity index (χ4v) is 5.20. The van der Waals surface area contributed by atoms with Crippen LogP contribution in [0.5, 0.6) is 5.75 Å². The van der Waals surface area contributed by atoms with Gasteiger partial charge in [-0.2, -0.15) is 18.3 Å². The van der Waals surface area contributed by atoms with Gasteiger partial charge in [-0.3, -0.25) is 19.1 Å². The fourth-order valence-electron chi connectivity index (χ4n) is 3.25. The molecule has 204 valence electrons. The quantitative estimate of drug-likeness (QED) is 0.523. The van der Waals surface area contributed by atoms with Gasteiger partial charge in [-0.25, -0.2) is 13.2 Å². The van der Waals surface area contributed by atoms with Crippen molar-refractivity contribution in [1.29, 1.82) is 0 Å². The van der Waals surface area contributed by atoms with Crippen molar-refractivity contribution in [3.8, 4) is 5.75 Å². The second-order valence-electron chi connectivity index (χ2n) is 8.56. The zero-order valence-corrected chi connectivity index (χ0v) is 21.8. The molecule has 2 heterocycles. The second kappa shape index (κ2) is 10.3. The number of amides is 2. The molecule has 0 radical (unpaired) electrons. The molecule has 1 unspecified atom stereocenters. The topological polar surface area (TPSA) is 132 Å². The monoisotopic (exact) mass is 567 g/mol. The van der Waals surface area contributed by atoms with Crippen LogP contribution in [0, 0.1) is 0 Å². The van der Waals surface area contributed by atoms with Crippen LogP contribution in [0.2, 0.25) is 5.15 Å². The number of hydrogen-bond donors (Lipinski definition) is 2. The Hall–Kier alpha value is -3.20. The molecule has 1 atom stereocenters. The highest BCUT2D eigenvalue weighted by molar-refractivity contribution is 7.93. The Morgan fingerprint density at radius 2 is 1.97 bits per heavy atom. The lowest BCUT2D eigenvalue weighted by molar-refractivity contribution is -0.242. The molecule has 1 aromatic heterocycles. The number of benzene rings is 1. The van der Waals surface area contributed by atoms with Gasteiger partial charge >= 0.3 is 12.3 Å². The number of fused-ring (bicyclic) bond motifs is 1. The minimum absolute atomic E-state index is 0.0123. The summed E-state index contributed by atoms with van der Waals surface area (Å²) in [6, 6.07) is 3.84. The molecule has 2 amide bonds. The number of halogens is 4. The lowest BCUT2D eigenvalue weighted by atomic mass is 10.1. The van der Waals surface area contributed by atoms with Gasteiger partial charge in [0.1, 0.15) is 16.7 Å². The highest BCUT2D eigenvalue weighted by Gasteiger charge is 2.51. The summed E-state index contributed by atoms with van der Waals surface area (Å²) in [5.74, 6) is -0.269. The summed E-state index contributed by atoms with van der Waals surface area (Å²) in [5.41, 5.74) is -2.84. The predicted molar refractivity (Wildman–Crippen MR) is 127 cm³/mol. The fraction of sp³-hybridized carbons (Fsp3) is 0.476. The summed E-state index contributed by atoms with van der Waals surface area (Å²) in [4.78, 5) is 23.2. The molecule has 2 N–H and O–H groups in total. The highest BCUT2D eigenvalue weighted by atomic mass is 35.5. The molecule has 16 heteroatoms. The van der Waals surface area contributed by atoms with Crippen molar-refractivity contribution in [2.45, 2.75) is 57.0 Å². The Bertz CT molecular complexity index is 1300. The third-order valence-corrected chi connectivity index (χ3v) is 7.50. The lowest BCUT2D eigenvalue weighted by Crippen LogP contribution is -2.48. The number of hydrogen-bond acceptors (Lipinski definition) is 7. The second-order valence-corrected chi connectivity index (χ2v) is 10.7. The van der Waals surface area contributed by atoms with Crippen LogP contribution >= 0.6 is 11.6 Å². The maximum absolute atomic E-state index is 13.6. The summed E-state index contributed by atoms with van der Waals surface area (Å²) < 4.78 is 79.1. The number of carbonyl (C=O) groups is 2. The van der Waals surface area contributed by atoms with Gasteiger partial charge in [0.15, 0.2) is 5.15 Å². The van der Waals surface area contributed by atoms with Crippen molar-refractivity contribution >= 4 is 45.0 Å². The molecule has 1 aromatic carbocycles. The Morgan fingerprint density at radius 1 is 1.30 bits per heavy atom.